The van der Waals surface area contributed by atoms with Crippen LogP contribution in [0.1, 0.15) is 19.8 Å². The number of carbonyl (C=O) groups excluding carboxylic acids is 1. The molecule has 1 unspecified atom stereocenters. The first-order chi connectivity index (χ1) is 8.48. The normalized spacial score (nSPS) is 14.2. The predicted molar refractivity (Wildman–Crippen MR) is 73.0 cm³/mol. The average molecular weight is 270 g/mol. The summed E-state index contributed by atoms with van der Waals surface area (Å²) in [5.41, 5.74) is 4.69. The molecule has 0 fully saturated rings. The predicted octanol–water partition coefficient (Wildman–Crippen LogP) is 2.16. The van der Waals surface area contributed by atoms with Crippen LogP contribution in [0.2, 0.25) is 0 Å². The van der Waals surface area contributed by atoms with Crippen LogP contribution in [0.5, 0.6) is 0 Å². The third-order valence-electron chi connectivity index (χ3n) is 3.00. The van der Waals surface area contributed by atoms with Crippen molar-refractivity contribution >= 4 is 17.7 Å². The molecule has 0 saturated carbocycles. The molecule has 0 aliphatic heterocycles. The van der Waals surface area contributed by atoms with Gasteiger partial charge in [-0.25, -0.2) is 4.39 Å². The highest BCUT2D eigenvalue weighted by Crippen LogP contribution is 2.21. The van der Waals surface area contributed by atoms with Crippen molar-refractivity contribution in [2.75, 3.05) is 12.8 Å². The third-order valence-corrected chi connectivity index (χ3v) is 4.10. The molecule has 0 aromatic heterocycles. The summed E-state index contributed by atoms with van der Waals surface area (Å²) in [7, 11) is 1.73. The minimum Gasteiger partial charge on any atom is -0.368 e. The summed E-state index contributed by atoms with van der Waals surface area (Å²) in [6, 6.07) is 6.41. The zero-order valence-corrected chi connectivity index (χ0v) is 11.5. The molecule has 18 heavy (non-hydrogen) atoms. The number of primary amides is 1. The number of rotatable bonds is 7. The second-order valence-electron chi connectivity index (χ2n) is 4.35. The van der Waals surface area contributed by atoms with E-state index in [4.69, 9.17) is 5.73 Å². The van der Waals surface area contributed by atoms with E-state index in [-0.39, 0.29) is 11.7 Å². The molecule has 3 N–H and O–H groups in total. The second-order valence-corrected chi connectivity index (χ2v) is 5.52. The van der Waals surface area contributed by atoms with Crippen LogP contribution < -0.4 is 11.1 Å². The molecule has 0 spiro atoms. The number of amides is 1. The number of likely N-dealkylation sites (N-methyl/N-ethyl adjacent to an activating group) is 1. The number of nitrogens with two attached hydrogens (primary N) is 1. The lowest BCUT2D eigenvalue weighted by Crippen LogP contribution is -2.51. The minimum atomic E-state index is -0.649. The first-order valence-electron chi connectivity index (χ1n) is 5.85. The van der Waals surface area contributed by atoms with Gasteiger partial charge in [-0.05, 0) is 56.8 Å². The summed E-state index contributed by atoms with van der Waals surface area (Å²) >= 11 is 1.65. The highest BCUT2D eigenvalue weighted by atomic mass is 32.2. The van der Waals surface area contributed by atoms with Crippen molar-refractivity contribution in [1.29, 1.82) is 0 Å². The summed E-state index contributed by atoms with van der Waals surface area (Å²) in [5, 5.41) is 2.95. The Hall–Kier alpha value is -1.07. The molecule has 1 rings (SSSR count). The first kappa shape index (κ1) is 15.0. The minimum absolute atomic E-state index is 0.226. The zero-order valence-electron chi connectivity index (χ0n) is 10.7. The van der Waals surface area contributed by atoms with Gasteiger partial charge in [-0.15, -0.1) is 11.8 Å². The Morgan fingerprint density at radius 1 is 1.44 bits per heavy atom. The molecule has 1 amide bonds. The molecule has 1 aromatic carbocycles. The lowest BCUT2D eigenvalue weighted by atomic mass is 9.96. The largest absolute Gasteiger partial charge is 0.368 e. The molecule has 0 radical (unpaired) electrons. The number of hydrogen-bond donors (Lipinski definition) is 2. The fraction of sp³-hybridized carbons (Fsp3) is 0.462. The van der Waals surface area contributed by atoms with Crippen LogP contribution in [-0.4, -0.2) is 24.2 Å². The fourth-order valence-corrected chi connectivity index (χ4v) is 2.37. The highest BCUT2D eigenvalue weighted by molar-refractivity contribution is 7.99. The molecule has 1 atom stereocenters. The van der Waals surface area contributed by atoms with Gasteiger partial charge in [-0.3, -0.25) is 4.79 Å². The van der Waals surface area contributed by atoms with E-state index in [2.05, 4.69) is 5.32 Å². The maximum atomic E-state index is 12.7. The first-order valence-corrected chi connectivity index (χ1v) is 6.84. The molecule has 0 saturated heterocycles. The monoisotopic (exact) mass is 270 g/mol. The van der Waals surface area contributed by atoms with E-state index in [0.717, 1.165) is 17.1 Å². The Balaban J connectivity index is 2.34. The number of halogens is 1. The standard InChI is InChI=1S/C13H19FN2OS/c1-13(16-2,12(15)17)8-3-9-18-11-6-4-10(14)5-7-11/h4-7,16H,3,8-9H2,1-2H3,(H2,15,17). The number of nitrogens with one attached hydrogen (secondary N) is 1. The molecule has 100 valence electrons. The van der Waals surface area contributed by atoms with Crippen LogP contribution in [0.15, 0.2) is 29.2 Å². The van der Waals surface area contributed by atoms with Gasteiger partial charge in [0.15, 0.2) is 0 Å². The molecule has 0 aliphatic carbocycles. The quantitative estimate of drug-likeness (QED) is 0.589. The van der Waals surface area contributed by atoms with E-state index in [1.54, 1.807) is 37.9 Å². The molecule has 0 heterocycles. The number of benzene rings is 1. The van der Waals surface area contributed by atoms with Crippen molar-refractivity contribution in [1.82, 2.24) is 5.32 Å². The Kier molecular flexibility index (Phi) is 5.62. The Morgan fingerprint density at radius 2 is 2.06 bits per heavy atom. The lowest BCUT2D eigenvalue weighted by Gasteiger charge is -2.25. The number of thioether (sulfide) groups is 1. The molecule has 3 nitrogen and oxygen atoms in total. The van der Waals surface area contributed by atoms with Gasteiger partial charge in [0.1, 0.15) is 5.82 Å². The van der Waals surface area contributed by atoms with Gasteiger partial charge in [-0.1, -0.05) is 0 Å². The van der Waals surface area contributed by atoms with Crippen LogP contribution >= 0.6 is 11.8 Å². The summed E-state index contributed by atoms with van der Waals surface area (Å²) in [6.45, 7) is 1.80. The van der Waals surface area contributed by atoms with Crippen molar-refractivity contribution in [3.05, 3.63) is 30.1 Å². The second kappa shape index (κ2) is 6.75. The summed E-state index contributed by atoms with van der Waals surface area (Å²) < 4.78 is 12.7. The fourth-order valence-electron chi connectivity index (χ4n) is 1.52. The van der Waals surface area contributed by atoms with E-state index in [1.165, 1.54) is 12.1 Å². The topological polar surface area (TPSA) is 55.1 Å². The van der Waals surface area contributed by atoms with Gasteiger partial charge in [-0.2, -0.15) is 0 Å². The summed E-state index contributed by atoms with van der Waals surface area (Å²) in [6.07, 6.45) is 1.55. The van der Waals surface area contributed by atoms with E-state index in [0.29, 0.717) is 6.42 Å². The Bertz CT molecular complexity index is 396. The van der Waals surface area contributed by atoms with Gasteiger partial charge in [0.05, 0.1) is 5.54 Å². The molecule has 1 aromatic rings. The van der Waals surface area contributed by atoms with Crippen LogP contribution in [-0.2, 0) is 4.79 Å². The van der Waals surface area contributed by atoms with Gasteiger partial charge >= 0.3 is 0 Å². The summed E-state index contributed by atoms with van der Waals surface area (Å²) in [4.78, 5) is 12.3. The number of hydrogen-bond acceptors (Lipinski definition) is 3. The van der Waals surface area contributed by atoms with Crippen LogP contribution in [0.4, 0.5) is 4.39 Å². The molecular weight excluding hydrogens is 251 g/mol. The average Bonchev–Trinajstić information content (AvgIpc) is 2.36. The molecular formula is C13H19FN2OS. The van der Waals surface area contributed by atoms with Gasteiger partial charge in [0.25, 0.3) is 0 Å². The van der Waals surface area contributed by atoms with Crippen molar-refractivity contribution in [3.8, 4) is 0 Å². The number of carbonyl (C=O) groups is 1. The Morgan fingerprint density at radius 3 is 2.56 bits per heavy atom. The highest BCUT2D eigenvalue weighted by Gasteiger charge is 2.27. The Labute approximate surface area is 111 Å². The molecule has 0 bridgehead atoms. The lowest BCUT2D eigenvalue weighted by molar-refractivity contribution is -0.123. The van der Waals surface area contributed by atoms with Gasteiger partial charge in [0, 0.05) is 4.90 Å². The smallest absolute Gasteiger partial charge is 0.237 e. The van der Waals surface area contributed by atoms with E-state index in [9.17, 15) is 9.18 Å². The molecule has 5 heteroatoms. The van der Waals surface area contributed by atoms with Crippen molar-refractivity contribution in [2.24, 2.45) is 5.73 Å². The van der Waals surface area contributed by atoms with Crippen molar-refractivity contribution in [2.45, 2.75) is 30.2 Å². The maximum absolute atomic E-state index is 12.7. The van der Waals surface area contributed by atoms with Crippen LogP contribution in [0, 0.1) is 5.82 Å². The van der Waals surface area contributed by atoms with Gasteiger partial charge in [0.2, 0.25) is 5.91 Å². The molecule has 0 aliphatic rings. The van der Waals surface area contributed by atoms with E-state index >= 15 is 0 Å². The summed E-state index contributed by atoms with van der Waals surface area (Å²) in [5.74, 6) is 0.309. The van der Waals surface area contributed by atoms with E-state index < -0.39 is 5.54 Å². The van der Waals surface area contributed by atoms with Crippen LogP contribution in [0.25, 0.3) is 0 Å². The van der Waals surface area contributed by atoms with Crippen molar-refractivity contribution in [3.63, 3.8) is 0 Å². The van der Waals surface area contributed by atoms with E-state index in [1.807, 2.05) is 0 Å². The maximum Gasteiger partial charge on any atom is 0.237 e. The SMILES string of the molecule is CNC(C)(CCCSc1ccc(F)cc1)C(N)=O. The van der Waals surface area contributed by atoms with Gasteiger partial charge < -0.3 is 11.1 Å². The van der Waals surface area contributed by atoms with Crippen molar-refractivity contribution < 1.29 is 9.18 Å². The third kappa shape index (κ3) is 4.31. The van der Waals surface area contributed by atoms with Crippen LogP contribution in [0.3, 0.4) is 0 Å². The zero-order chi connectivity index (χ0) is 13.6.